The Bertz CT molecular complexity index is 1440. The summed E-state index contributed by atoms with van der Waals surface area (Å²) in [5.74, 6) is -0.859. The summed E-state index contributed by atoms with van der Waals surface area (Å²) in [6.07, 6.45) is 89.5. The van der Waals surface area contributed by atoms with Crippen molar-refractivity contribution in [2.75, 3.05) is 13.2 Å². The van der Waals surface area contributed by atoms with Crippen molar-refractivity contribution in [2.45, 2.75) is 386 Å². The Balaban J connectivity index is 4.35. The van der Waals surface area contributed by atoms with Crippen molar-refractivity contribution in [1.29, 1.82) is 0 Å². The average molecular weight is 1130 g/mol. The first-order valence-corrected chi connectivity index (χ1v) is 35.8. The summed E-state index contributed by atoms with van der Waals surface area (Å²) >= 11 is 0. The molecule has 1 unspecified atom stereocenters. The highest BCUT2D eigenvalue weighted by molar-refractivity contribution is 5.71. The van der Waals surface area contributed by atoms with E-state index in [4.69, 9.17) is 14.2 Å². The van der Waals surface area contributed by atoms with Crippen LogP contribution < -0.4 is 0 Å². The first kappa shape index (κ1) is 78.1. The molecule has 0 N–H and O–H groups in total. The number of hydrogen-bond donors (Lipinski definition) is 0. The van der Waals surface area contributed by atoms with Crippen LogP contribution in [-0.2, 0) is 28.6 Å². The summed E-state index contributed by atoms with van der Waals surface area (Å²) in [5, 5.41) is 0. The second kappa shape index (κ2) is 69.6. The third kappa shape index (κ3) is 67.8. The zero-order valence-electron chi connectivity index (χ0n) is 54.3. The van der Waals surface area contributed by atoms with Gasteiger partial charge in [-0.05, 0) is 109 Å². The fourth-order valence-corrected chi connectivity index (χ4v) is 10.6. The Morgan fingerprint density at radius 3 is 0.716 bits per heavy atom. The molecular formula is C75H136O6. The molecule has 0 amide bonds. The molecule has 0 heterocycles. The molecule has 0 aromatic rings. The number of allylic oxidation sites excluding steroid dienone is 10. The molecule has 6 heteroatoms. The monoisotopic (exact) mass is 1130 g/mol. The number of carbonyl (C=O) groups excluding carboxylic acids is 3. The van der Waals surface area contributed by atoms with Crippen LogP contribution in [0.1, 0.15) is 380 Å². The lowest BCUT2D eigenvalue weighted by Crippen LogP contribution is -2.30. The minimum atomic E-state index is -0.780. The number of ether oxygens (including phenoxy) is 3. The van der Waals surface area contributed by atoms with Crippen molar-refractivity contribution in [3.8, 4) is 0 Å². The van der Waals surface area contributed by atoms with Gasteiger partial charge >= 0.3 is 17.9 Å². The summed E-state index contributed by atoms with van der Waals surface area (Å²) in [7, 11) is 0. The van der Waals surface area contributed by atoms with Gasteiger partial charge in [-0.1, -0.05) is 313 Å². The minimum absolute atomic E-state index is 0.0747. The second-order valence-electron chi connectivity index (χ2n) is 24.1. The summed E-state index contributed by atoms with van der Waals surface area (Å²) in [5.41, 5.74) is 0. The zero-order valence-corrected chi connectivity index (χ0v) is 54.3. The SMILES string of the molecule is CCCCC/C=C\C/C=C\CCCCCCCCCCCC(=O)OCC(COC(=O)CCCCCCCCCCCCC/C=C\C/C=C\CCCCCCC)OC(=O)CCCCCCCCCCC/C=C\CCCCCCCCCC. The summed E-state index contributed by atoms with van der Waals surface area (Å²) in [6, 6.07) is 0. The topological polar surface area (TPSA) is 78.9 Å². The fourth-order valence-electron chi connectivity index (χ4n) is 10.6. The van der Waals surface area contributed by atoms with E-state index in [2.05, 4.69) is 81.5 Å². The van der Waals surface area contributed by atoms with Crippen LogP contribution in [0.25, 0.3) is 0 Å². The fraction of sp³-hybridized carbons (Fsp3) is 0.827. The van der Waals surface area contributed by atoms with Crippen LogP contribution in [0.2, 0.25) is 0 Å². The van der Waals surface area contributed by atoms with Gasteiger partial charge in [0.25, 0.3) is 0 Å². The highest BCUT2D eigenvalue weighted by Gasteiger charge is 2.19. The standard InChI is InChI=1S/C75H136O6/c1-4-7-10-13-16-19-22-25-28-31-34-36-37-39-41-44-47-50-53-56-59-62-65-68-74(77)80-71-72(70-79-73(76)67-64-61-58-55-52-49-46-43-40-33-30-27-24-21-18-15-12-9-6-3)81-75(78)69-66-63-60-57-54-51-48-45-42-38-35-32-29-26-23-20-17-14-11-8-5-2/h18,21-22,25,27,30-32,34-35,72H,4-17,19-20,23-24,26,28-29,33,36-71H2,1-3H3/b21-18-,25-22-,30-27-,34-31-,35-32-. The van der Waals surface area contributed by atoms with Crippen LogP contribution in [0, 0.1) is 0 Å². The molecule has 1 atom stereocenters. The van der Waals surface area contributed by atoms with Gasteiger partial charge in [-0.2, -0.15) is 0 Å². The molecule has 472 valence electrons. The van der Waals surface area contributed by atoms with Crippen LogP contribution in [-0.4, -0.2) is 37.2 Å². The normalized spacial score (nSPS) is 12.4. The molecule has 0 aliphatic rings. The Morgan fingerprint density at radius 1 is 0.247 bits per heavy atom. The van der Waals surface area contributed by atoms with Crippen molar-refractivity contribution in [2.24, 2.45) is 0 Å². The lowest BCUT2D eigenvalue weighted by atomic mass is 10.0. The van der Waals surface area contributed by atoms with Gasteiger partial charge < -0.3 is 14.2 Å². The van der Waals surface area contributed by atoms with E-state index in [1.54, 1.807) is 0 Å². The molecule has 0 radical (unpaired) electrons. The lowest BCUT2D eigenvalue weighted by molar-refractivity contribution is -0.167. The molecule has 6 nitrogen and oxygen atoms in total. The smallest absolute Gasteiger partial charge is 0.306 e. The number of hydrogen-bond acceptors (Lipinski definition) is 6. The van der Waals surface area contributed by atoms with Crippen molar-refractivity contribution in [1.82, 2.24) is 0 Å². The van der Waals surface area contributed by atoms with Gasteiger partial charge in [0.1, 0.15) is 13.2 Å². The average Bonchev–Trinajstić information content (AvgIpc) is 3.47. The molecule has 0 aliphatic heterocycles. The Hall–Kier alpha value is -2.89. The molecule has 0 fully saturated rings. The highest BCUT2D eigenvalue weighted by atomic mass is 16.6. The molecule has 0 aromatic carbocycles. The van der Waals surface area contributed by atoms with Crippen molar-refractivity contribution < 1.29 is 28.6 Å². The quantitative estimate of drug-likeness (QED) is 0.0261. The molecular weight excluding hydrogens is 997 g/mol. The number of carbonyl (C=O) groups is 3. The molecule has 0 aromatic heterocycles. The van der Waals surface area contributed by atoms with E-state index < -0.39 is 6.10 Å². The van der Waals surface area contributed by atoms with E-state index in [1.165, 1.54) is 270 Å². The summed E-state index contributed by atoms with van der Waals surface area (Å²) in [4.78, 5) is 38.5. The van der Waals surface area contributed by atoms with Crippen molar-refractivity contribution in [3.05, 3.63) is 60.8 Å². The zero-order chi connectivity index (χ0) is 58.5. The molecule has 0 bridgehead atoms. The van der Waals surface area contributed by atoms with E-state index in [0.29, 0.717) is 19.3 Å². The number of rotatable bonds is 66. The van der Waals surface area contributed by atoms with Crippen molar-refractivity contribution >= 4 is 17.9 Å². The van der Waals surface area contributed by atoms with Crippen LogP contribution >= 0.6 is 0 Å². The summed E-state index contributed by atoms with van der Waals surface area (Å²) in [6.45, 7) is 6.66. The van der Waals surface area contributed by atoms with Gasteiger partial charge in [-0.25, -0.2) is 0 Å². The van der Waals surface area contributed by atoms with Gasteiger partial charge in [-0.3, -0.25) is 14.4 Å². The lowest BCUT2D eigenvalue weighted by Gasteiger charge is -2.18. The molecule has 0 spiro atoms. The Kier molecular flexibility index (Phi) is 67.1. The van der Waals surface area contributed by atoms with Gasteiger partial charge in [0.2, 0.25) is 0 Å². The third-order valence-corrected chi connectivity index (χ3v) is 16.0. The molecule has 81 heavy (non-hydrogen) atoms. The predicted octanol–water partition coefficient (Wildman–Crippen LogP) is 24.7. The largest absolute Gasteiger partial charge is 0.462 e. The van der Waals surface area contributed by atoms with Crippen molar-refractivity contribution in [3.63, 3.8) is 0 Å². The van der Waals surface area contributed by atoms with E-state index in [0.717, 1.165) is 70.6 Å². The van der Waals surface area contributed by atoms with Crippen LogP contribution in [0.3, 0.4) is 0 Å². The first-order valence-electron chi connectivity index (χ1n) is 35.8. The molecule has 0 aliphatic carbocycles. The predicted molar refractivity (Wildman–Crippen MR) is 353 cm³/mol. The highest BCUT2D eigenvalue weighted by Crippen LogP contribution is 2.17. The first-order chi connectivity index (χ1) is 40.0. The molecule has 0 rings (SSSR count). The Labute approximate surface area is 504 Å². The Morgan fingerprint density at radius 2 is 0.444 bits per heavy atom. The minimum Gasteiger partial charge on any atom is -0.462 e. The van der Waals surface area contributed by atoms with Crippen LogP contribution in [0.15, 0.2) is 60.8 Å². The van der Waals surface area contributed by atoms with Crippen LogP contribution in [0.4, 0.5) is 0 Å². The van der Waals surface area contributed by atoms with Gasteiger partial charge in [0.05, 0.1) is 0 Å². The van der Waals surface area contributed by atoms with Gasteiger partial charge in [-0.15, -0.1) is 0 Å². The van der Waals surface area contributed by atoms with E-state index in [9.17, 15) is 14.4 Å². The maximum absolute atomic E-state index is 13.0. The van der Waals surface area contributed by atoms with Crippen LogP contribution in [0.5, 0.6) is 0 Å². The maximum atomic E-state index is 13.0. The van der Waals surface area contributed by atoms with E-state index >= 15 is 0 Å². The molecule has 0 saturated carbocycles. The maximum Gasteiger partial charge on any atom is 0.306 e. The van der Waals surface area contributed by atoms with E-state index in [-0.39, 0.29) is 31.1 Å². The van der Waals surface area contributed by atoms with Gasteiger partial charge in [0, 0.05) is 19.3 Å². The molecule has 0 saturated heterocycles. The van der Waals surface area contributed by atoms with Gasteiger partial charge in [0.15, 0.2) is 6.10 Å². The summed E-state index contributed by atoms with van der Waals surface area (Å²) < 4.78 is 17.0. The number of unbranched alkanes of at least 4 members (excludes halogenated alkanes) is 45. The third-order valence-electron chi connectivity index (χ3n) is 16.0. The van der Waals surface area contributed by atoms with E-state index in [1.807, 2.05) is 0 Å². The second-order valence-corrected chi connectivity index (χ2v) is 24.1. The number of esters is 3.